The van der Waals surface area contributed by atoms with Gasteiger partial charge in [-0.25, -0.2) is 4.39 Å². The van der Waals surface area contributed by atoms with E-state index in [0.717, 1.165) is 31.8 Å². The fraction of sp³-hybridized carbons (Fsp3) is 0.379. The van der Waals surface area contributed by atoms with E-state index in [0.29, 0.717) is 31.9 Å². The van der Waals surface area contributed by atoms with Crippen molar-refractivity contribution in [3.05, 3.63) is 77.4 Å². The summed E-state index contributed by atoms with van der Waals surface area (Å²) in [6, 6.07) is 14.4. The number of hydrogen-bond donors (Lipinski definition) is 3. The average molecular weight is 573 g/mol. The number of aromatic nitrogens is 2. The van der Waals surface area contributed by atoms with E-state index < -0.39 is 11.7 Å². The Labute approximate surface area is 234 Å². The van der Waals surface area contributed by atoms with Gasteiger partial charge in [-0.05, 0) is 37.6 Å². The molecule has 1 aliphatic carbocycles. The Bertz CT molecular complexity index is 1180. The molecule has 39 heavy (non-hydrogen) atoms. The molecule has 0 aliphatic heterocycles. The number of ketones is 1. The van der Waals surface area contributed by atoms with Gasteiger partial charge in [0.15, 0.2) is 5.78 Å². The smallest absolute Gasteiger partial charge is 0.259 e. The third-order valence-electron chi connectivity index (χ3n) is 6.16. The Balaban J connectivity index is 0.000000320. The first-order valence-corrected chi connectivity index (χ1v) is 15.1. The highest BCUT2D eigenvalue weighted by Crippen LogP contribution is 2.28. The maximum absolute atomic E-state index is 13.9. The van der Waals surface area contributed by atoms with E-state index in [4.69, 9.17) is 0 Å². The van der Waals surface area contributed by atoms with Crippen LogP contribution in [0.5, 0.6) is 0 Å². The third-order valence-corrected chi connectivity index (χ3v) is 7.80. The highest BCUT2D eigenvalue weighted by molar-refractivity contribution is 7.56. The molecule has 2 amide bonds. The van der Waals surface area contributed by atoms with Crippen LogP contribution in [0.4, 0.5) is 14.9 Å². The van der Waals surface area contributed by atoms with Crippen molar-refractivity contribution in [1.82, 2.24) is 15.5 Å². The van der Waals surface area contributed by atoms with Gasteiger partial charge in [0.1, 0.15) is 11.5 Å². The molecule has 2 atom stereocenters. The maximum atomic E-state index is 13.9. The first-order valence-electron chi connectivity index (χ1n) is 13.3. The fourth-order valence-corrected chi connectivity index (χ4v) is 5.34. The molecule has 10 heteroatoms. The summed E-state index contributed by atoms with van der Waals surface area (Å²) in [6.45, 7) is 4.00. The van der Waals surface area contributed by atoms with Gasteiger partial charge in [0.25, 0.3) is 5.91 Å². The molecule has 0 saturated heterocycles. The number of nitrogens with one attached hydrogen (secondary N) is 3. The van der Waals surface area contributed by atoms with Crippen molar-refractivity contribution >= 4 is 46.2 Å². The predicted octanol–water partition coefficient (Wildman–Crippen LogP) is 6.69. The molecule has 2 aromatic carbocycles. The minimum atomic E-state index is -0.608. The molecule has 7 nitrogen and oxygen atoms in total. The normalized spacial score (nSPS) is 13.1. The SMILES string of the molecule is CC.CNC(=O)PCc1ccccc1.O=C(CC1CCCCC1)c1[nH]ncc1NC(=O)c1c(F)cccc1P. The lowest BCUT2D eigenvalue weighted by Crippen LogP contribution is -2.21. The zero-order chi connectivity index (χ0) is 28.6. The van der Waals surface area contributed by atoms with Gasteiger partial charge in [-0.15, -0.1) is 9.24 Å². The first-order chi connectivity index (χ1) is 18.9. The minimum Gasteiger partial charge on any atom is -0.356 e. The van der Waals surface area contributed by atoms with Gasteiger partial charge in [0.2, 0.25) is 5.65 Å². The molecule has 0 radical (unpaired) electrons. The topological polar surface area (TPSA) is 104 Å². The van der Waals surface area contributed by atoms with Crippen LogP contribution in [0.15, 0.2) is 54.7 Å². The molecule has 0 bridgehead atoms. The number of nitrogens with zero attached hydrogens (tertiary/aromatic N) is 1. The Morgan fingerprint density at radius 2 is 1.74 bits per heavy atom. The van der Waals surface area contributed by atoms with Crippen molar-refractivity contribution in [2.45, 2.75) is 58.5 Å². The first kappa shape index (κ1) is 32.3. The second-order valence-electron chi connectivity index (χ2n) is 8.87. The number of carbonyl (C=O) groups is 3. The molecule has 3 aromatic rings. The summed E-state index contributed by atoms with van der Waals surface area (Å²) in [6.07, 6.45) is 8.36. The zero-order valence-corrected chi connectivity index (χ0v) is 25.0. The zero-order valence-electron chi connectivity index (χ0n) is 22.9. The van der Waals surface area contributed by atoms with Crippen LogP contribution in [0.25, 0.3) is 0 Å². The van der Waals surface area contributed by atoms with Crippen LogP contribution in [-0.4, -0.2) is 34.6 Å². The number of anilines is 1. The molecular weight excluding hydrogens is 533 g/mol. The molecule has 1 saturated carbocycles. The third kappa shape index (κ3) is 10.6. The molecule has 0 spiro atoms. The maximum Gasteiger partial charge on any atom is 0.259 e. The lowest BCUT2D eigenvalue weighted by Gasteiger charge is -2.20. The average Bonchev–Trinajstić information content (AvgIpc) is 3.42. The Kier molecular flexibility index (Phi) is 14.6. The number of rotatable bonds is 8. The summed E-state index contributed by atoms with van der Waals surface area (Å²) in [4.78, 5) is 35.8. The van der Waals surface area contributed by atoms with Crippen LogP contribution in [0, 0.1) is 11.7 Å². The number of halogens is 1. The fourth-order valence-electron chi connectivity index (χ4n) is 4.18. The van der Waals surface area contributed by atoms with Gasteiger partial charge < -0.3 is 10.6 Å². The van der Waals surface area contributed by atoms with Crippen molar-refractivity contribution in [1.29, 1.82) is 0 Å². The summed E-state index contributed by atoms with van der Waals surface area (Å²) in [5, 5.41) is 12.2. The lowest BCUT2D eigenvalue weighted by molar-refractivity contribution is 0.0946. The van der Waals surface area contributed by atoms with E-state index in [1.807, 2.05) is 44.2 Å². The molecule has 1 heterocycles. The van der Waals surface area contributed by atoms with Crippen molar-refractivity contribution in [3.8, 4) is 0 Å². The van der Waals surface area contributed by atoms with Gasteiger partial charge >= 0.3 is 0 Å². The van der Waals surface area contributed by atoms with Gasteiger partial charge in [-0.3, -0.25) is 19.5 Å². The number of H-pyrrole nitrogens is 1. The monoisotopic (exact) mass is 572 g/mol. The Morgan fingerprint density at radius 3 is 2.38 bits per heavy atom. The van der Waals surface area contributed by atoms with Gasteiger partial charge in [-0.1, -0.05) is 88.4 Å². The molecular formula is C29H39FN4O3P2. The number of Topliss-reactive ketones (excluding diaryl/α,β-unsaturated/α-hetero) is 1. The van der Waals surface area contributed by atoms with Crippen molar-refractivity contribution in [2.75, 3.05) is 12.4 Å². The molecule has 1 fully saturated rings. The van der Waals surface area contributed by atoms with Crippen LogP contribution in [0.2, 0.25) is 0 Å². The summed E-state index contributed by atoms with van der Waals surface area (Å²) < 4.78 is 13.9. The molecule has 4 rings (SSSR count). The number of aromatic amines is 1. The second-order valence-corrected chi connectivity index (χ2v) is 10.6. The van der Waals surface area contributed by atoms with Crippen molar-refractivity contribution < 1.29 is 18.8 Å². The second kappa shape index (κ2) is 17.6. The van der Waals surface area contributed by atoms with Crippen LogP contribution in [0.3, 0.4) is 0 Å². The standard InChI is InChI=1S/C18H21FN3O2P.C9H12NOP.C2H6/c19-12-7-4-8-15(25)16(12)18(24)21-13-10-20-22-17(13)14(23)9-11-5-2-1-3-6-11;1-10-9(11)12-7-8-5-3-2-4-6-8;1-2/h4,7-8,10-11H,1-3,5-6,9,25H2,(H,20,22)(H,21,24);2-6,12H,7H2,1H3,(H,10,11);1-2H3. The highest BCUT2D eigenvalue weighted by Gasteiger charge is 2.23. The number of amides is 2. The van der Waals surface area contributed by atoms with Crippen molar-refractivity contribution in [3.63, 3.8) is 0 Å². The number of hydrogen-bond acceptors (Lipinski definition) is 4. The van der Waals surface area contributed by atoms with E-state index in [1.54, 1.807) is 13.1 Å². The summed E-state index contributed by atoms with van der Waals surface area (Å²) in [5.41, 5.74) is 1.86. The minimum absolute atomic E-state index is 0.0561. The Hall–Kier alpha value is -2.95. The van der Waals surface area contributed by atoms with Crippen molar-refractivity contribution in [2.24, 2.45) is 5.92 Å². The summed E-state index contributed by atoms with van der Waals surface area (Å²) in [7, 11) is 4.34. The van der Waals surface area contributed by atoms with E-state index in [2.05, 4.69) is 30.1 Å². The Morgan fingerprint density at radius 1 is 1.05 bits per heavy atom. The number of carbonyl (C=O) groups excluding carboxylic acids is 3. The summed E-state index contributed by atoms with van der Waals surface area (Å²) >= 11 is 0. The van der Waals surface area contributed by atoms with Crippen LogP contribution >= 0.6 is 17.8 Å². The van der Waals surface area contributed by atoms with E-state index in [1.165, 1.54) is 30.3 Å². The van der Waals surface area contributed by atoms with E-state index >= 15 is 0 Å². The lowest BCUT2D eigenvalue weighted by atomic mass is 9.85. The largest absolute Gasteiger partial charge is 0.356 e. The number of benzene rings is 2. The van der Waals surface area contributed by atoms with Crippen LogP contribution in [0.1, 0.15) is 78.8 Å². The van der Waals surface area contributed by atoms with Crippen LogP contribution in [-0.2, 0) is 6.16 Å². The predicted molar refractivity (Wildman–Crippen MR) is 162 cm³/mol. The van der Waals surface area contributed by atoms with Gasteiger partial charge in [0.05, 0.1) is 17.4 Å². The molecule has 3 N–H and O–H groups in total. The summed E-state index contributed by atoms with van der Waals surface area (Å²) in [5.74, 6) is -0.891. The van der Waals surface area contributed by atoms with Crippen LogP contribution < -0.4 is 15.9 Å². The molecule has 1 aliphatic rings. The highest BCUT2D eigenvalue weighted by atomic mass is 31.1. The molecule has 2 unspecified atom stereocenters. The van der Waals surface area contributed by atoms with E-state index in [9.17, 15) is 18.8 Å². The van der Waals surface area contributed by atoms with Gasteiger partial charge in [-0.2, -0.15) is 5.10 Å². The molecule has 210 valence electrons. The molecule has 1 aromatic heterocycles. The quantitative estimate of drug-likeness (QED) is 0.207. The van der Waals surface area contributed by atoms with Gasteiger partial charge in [0, 0.05) is 13.5 Å². The van der Waals surface area contributed by atoms with E-state index in [-0.39, 0.29) is 22.7 Å².